The summed E-state index contributed by atoms with van der Waals surface area (Å²) >= 11 is 0. The first-order valence-electron chi connectivity index (χ1n) is 15.1. The van der Waals surface area contributed by atoms with Crippen LogP contribution in [0.15, 0.2) is 59.4 Å². The van der Waals surface area contributed by atoms with Crippen LogP contribution in [-0.4, -0.2) is 86.3 Å². The Morgan fingerprint density at radius 1 is 1.07 bits per heavy atom. The van der Waals surface area contributed by atoms with Crippen molar-refractivity contribution in [3.05, 3.63) is 76.1 Å². The van der Waals surface area contributed by atoms with Crippen molar-refractivity contribution in [2.24, 2.45) is 17.6 Å². The van der Waals surface area contributed by atoms with E-state index in [9.17, 15) is 39.9 Å². The number of nitrogens with two attached hydrogens (primary N) is 1. The molecule has 3 aliphatic carbocycles. The summed E-state index contributed by atoms with van der Waals surface area (Å²) in [6, 6.07) is 11.9. The number of fused-ring (bicyclic) bond motifs is 3. The minimum atomic E-state index is -2.94. The lowest BCUT2D eigenvalue weighted by Crippen LogP contribution is -2.70. The van der Waals surface area contributed by atoms with Crippen molar-refractivity contribution in [3.8, 4) is 5.75 Å². The average molecular weight is 620 g/mol. The van der Waals surface area contributed by atoms with Gasteiger partial charge < -0.3 is 36.6 Å². The van der Waals surface area contributed by atoms with Gasteiger partial charge in [-0.1, -0.05) is 51.1 Å². The van der Waals surface area contributed by atoms with Crippen LogP contribution >= 0.6 is 0 Å². The molecule has 240 valence electrons. The number of hydrogen-bond donors (Lipinski definition) is 7. The molecule has 2 aromatic carbocycles. The average Bonchev–Trinajstić information content (AvgIpc) is 2.97. The van der Waals surface area contributed by atoms with E-state index in [1.54, 1.807) is 19.1 Å². The van der Waals surface area contributed by atoms with Crippen molar-refractivity contribution in [2.45, 2.75) is 62.7 Å². The van der Waals surface area contributed by atoms with Gasteiger partial charge in [-0.25, -0.2) is 0 Å². The van der Waals surface area contributed by atoms with Crippen molar-refractivity contribution in [2.75, 3.05) is 26.0 Å². The second-order valence-electron chi connectivity index (χ2n) is 13.3. The summed E-state index contributed by atoms with van der Waals surface area (Å²) in [5, 5.41) is 61.4. The smallest absolute Gasteiger partial charge is 0.255 e. The van der Waals surface area contributed by atoms with Gasteiger partial charge in [0.2, 0.25) is 5.78 Å². The fraction of sp³-hybridized carbons (Fsp3) is 0.441. The molecule has 0 saturated heterocycles. The normalized spacial score (nSPS) is 28.1. The number of aromatic hydroxyl groups is 1. The molecule has 5 rings (SSSR count). The minimum absolute atomic E-state index is 0.000949. The number of aliphatic hydroxyl groups is 4. The summed E-state index contributed by atoms with van der Waals surface area (Å²) in [6.45, 7) is 6.34. The van der Waals surface area contributed by atoms with Crippen LogP contribution in [0, 0.1) is 11.8 Å². The number of carbonyl (C=O) groups is 3. The number of likely N-dealkylation sites (N-methyl/N-ethyl adjacent to an activating group) is 1. The maximum absolute atomic E-state index is 14.2. The van der Waals surface area contributed by atoms with Gasteiger partial charge in [0.1, 0.15) is 22.8 Å². The topological polar surface area (TPSA) is 194 Å². The largest absolute Gasteiger partial charge is 0.508 e. The molecule has 3 aliphatic rings. The molecule has 11 heteroatoms. The molecule has 2 aromatic rings. The monoisotopic (exact) mass is 619 g/mol. The van der Waals surface area contributed by atoms with Crippen molar-refractivity contribution < 1.29 is 39.9 Å². The first-order chi connectivity index (χ1) is 21.1. The zero-order valence-corrected chi connectivity index (χ0v) is 26.0. The molecule has 0 spiro atoms. The number of hydrogen-bond acceptors (Lipinski definition) is 10. The van der Waals surface area contributed by atoms with Crippen LogP contribution < -0.4 is 11.1 Å². The quantitative estimate of drug-likeness (QED) is 0.171. The summed E-state index contributed by atoms with van der Waals surface area (Å²) in [4.78, 5) is 41.1. The van der Waals surface area contributed by atoms with Gasteiger partial charge in [0, 0.05) is 29.3 Å². The van der Waals surface area contributed by atoms with Gasteiger partial charge in [0.15, 0.2) is 11.4 Å². The number of primary amides is 1. The molecule has 0 bridgehead atoms. The molecule has 0 unspecified atom stereocenters. The third-order valence-corrected chi connectivity index (χ3v) is 9.94. The standard InChI is InChI=1S/C34H41N3O8/c1-16-18-12-13-19(33(2,3)14-9-15-36-17-10-7-6-8-11-17)26(38)21(18)27(39)22-20(16)28(40)24-25(37(4)5)29(41)23(32(35)44)31(43)34(24,45)30(22)42/h6-8,10-13,16,20,24-25,28,36,38-40,43,45H,9,14-15H2,1-5H3,(H2,35,44)/t16-,20-,24-,25-,28+,34+/m1/s1. The number of nitrogens with one attached hydrogen (secondary N) is 1. The van der Waals surface area contributed by atoms with E-state index >= 15 is 0 Å². The van der Waals surface area contributed by atoms with Crippen molar-refractivity contribution in [3.63, 3.8) is 0 Å². The fourth-order valence-corrected chi connectivity index (χ4v) is 7.62. The number of amides is 1. The molecule has 8 N–H and O–H groups in total. The highest BCUT2D eigenvalue weighted by Gasteiger charge is 2.68. The van der Waals surface area contributed by atoms with Gasteiger partial charge >= 0.3 is 0 Å². The molecule has 1 fully saturated rings. The summed E-state index contributed by atoms with van der Waals surface area (Å²) in [6.07, 6.45) is -0.193. The predicted molar refractivity (Wildman–Crippen MR) is 168 cm³/mol. The van der Waals surface area contributed by atoms with Crippen LogP contribution in [0.1, 0.15) is 56.2 Å². The highest BCUT2D eigenvalue weighted by atomic mass is 16.4. The number of ketones is 2. The maximum atomic E-state index is 14.2. The Kier molecular flexibility index (Phi) is 8.10. The Morgan fingerprint density at radius 2 is 1.71 bits per heavy atom. The van der Waals surface area contributed by atoms with E-state index in [2.05, 4.69) is 5.32 Å². The summed E-state index contributed by atoms with van der Waals surface area (Å²) in [7, 11) is 2.95. The third-order valence-electron chi connectivity index (χ3n) is 9.94. The Bertz CT molecular complexity index is 1630. The number of para-hydroxylation sites is 1. The summed E-state index contributed by atoms with van der Waals surface area (Å²) in [5.41, 5.74) is 2.56. The number of phenols is 1. The number of aliphatic hydroxyl groups excluding tert-OH is 3. The highest BCUT2D eigenvalue weighted by Crippen LogP contribution is 2.57. The number of anilines is 1. The molecule has 0 aliphatic heterocycles. The van der Waals surface area contributed by atoms with Crippen LogP contribution in [0.4, 0.5) is 5.69 Å². The van der Waals surface area contributed by atoms with Crippen LogP contribution in [0.3, 0.4) is 0 Å². The molecular formula is C34H41N3O8. The first kappa shape index (κ1) is 32.2. The van der Waals surface area contributed by atoms with Gasteiger partial charge in [-0.3, -0.25) is 19.3 Å². The van der Waals surface area contributed by atoms with Crippen LogP contribution in [0.2, 0.25) is 0 Å². The van der Waals surface area contributed by atoms with E-state index < -0.39 is 81.1 Å². The van der Waals surface area contributed by atoms with Crippen LogP contribution in [-0.2, 0) is 19.8 Å². The molecule has 6 atom stereocenters. The second-order valence-corrected chi connectivity index (χ2v) is 13.3. The van der Waals surface area contributed by atoms with Crippen molar-refractivity contribution in [1.82, 2.24) is 4.90 Å². The zero-order chi connectivity index (χ0) is 33.2. The van der Waals surface area contributed by atoms with Crippen molar-refractivity contribution >= 4 is 28.9 Å². The molecule has 0 heterocycles. The van der Waals surface area contributed by atoms with E-state index in [-0.39, 0.29) is 11.3 Å². The molecule has 1 amide bonds. The number of phenolic OH excluding ortho intramolecular Hbond substituents is 1. The van der Waals surface area contributed by atoms with Gasteiger partial charge in [0.25, 0.3) is 5.91 Å². The minimum Gasteiger partial charge on any atom is -0.508 e. The van der Waals surface area contributed by atoms with E-state index in [0.717, 1.165) is 12.1 Å². The van der Waals surface area contributed by atoms with E-state index in [0.29, 0.717) is 24.1 Å². The fourth-order valence-electron chi connectivity index (χ4n) is 7.62. The Balaban J connectivity index is 1.57. The Hall–Kier alpha value is -4.19. The van der Waals surface area contributed by atoms with Crippen molar-refractivity contribution in [1.29, 1.82) is 0 Å². The zero-order valence-electron chi connectivity index (χ0n) is 26.0. The molecule has 1 saturated carbocycles. The Morgan fingerprint density at radius 3 is 2.31 bits per heavy atom. The molecule has 0 radical (unpaired) electrons. The molecule has 45 heavy (non-hydrogen) atoms. The number of nitrogens with zero attached hydrogens (tertiary/aromatic N) is 1. The van der Waals surface area contributed by atoms with E-state index in [1.807, 2.05) is 44.2 Å². The van der Waals surface area contributed by atoms with Gasteiger partial charge in [-0.15, -0.1) is 0 Å². The van der Waals surface area contributed by atoms with Crippen LogP contribution in [0.5, 0.6) is 5.75 Å². The summed E-state index contributed by atoms with van der Waals surface area (Å²) < 4.78 is 0. The molecular weight excluding hydrogens is 578 g/mol. The lowest BCUT2D eigenvalue weighted by atomic mass is 9.54. The molecule has 11 nitrogen and oxygen atoms in total. The first-order valence-corrected chi connectivity index (χ1v) is 15.1. The van der Waals surface area contributed by atoms with Gasteiger partial charge in [-0.2, -0.15) is 0 Å². The lowest BCUT2D eigenvalue weighted by Gasteiger charge is -2.53. The summed E-state index contributed by atoms with van der Waals surface area (Å²) in [5.74, 6) is -8.93. The third kappa shape index (κ3) is 4.81. The Labute approximate surface area is 261 Å². The predicted octanol–water partition coefficient (Wildman–Crippen LogP) is 2.67. The lowest BCUT2D eigenvalue weighted by molar-refractivity contribution is -0.169. The number of benzene rings is 2. The SMILES string of the molecule is C[C@@H]1c2ccc(C(C)(C)CCCNc3ccccc3)c(O)c2C(O)=C2C(=O)[C@]3(O)C(O)=C(C(N)=O)C(=O)[C@H](N(C)C)[C@@H]3[C@@H](O)[C@@H]21. The number of rotatable bonds is 8. The molecule has 0 aromatic heterocycles. The second kappa shape index (κ2) is 11.3. The van der Waals surface area contributed by atoms with Crippen LogP contribution in [0.25, 0.3) is 5.76 Å². The van der Waals surface area contributed by atoms with E-state index in [4.69, 9.17) is 5.73 Å². The highest BCUT2D eigenvalue weighted by molar-refractivity contribution is 6.24. The number of carbonyl (C=O) groups excluding carboxylic acids is 3. The van der Waals surface area contributed by atoms with Gasteiger partial charge in [-0.05, 0) is 56.0 Å². The maximum Gasteiger partial charge on any atom is 0.255 e. The van der Waals surface area contributed by atoms with Gasteiger partial charge in [0.05, 0.1) is 23.6 Å². The number of Topliss-reactive ketones (excluding diaryl/α,β-unsaturated/α-hetero) is 2. The van der Waals surface area contributed by atoms with E-state index in [1.165, 1.54) is 19.0 Å².